The Morgan fingerprint density at radius 3 is 2.90 bits per heavy atom. The molecule has 1 aliphatic rings. The SMILES string of the molecule is CNCC1CCN(S(=O)(=O)c2cc(Br)cc(C#N)c2)C1. The van der Waals surface area contributed by atoms with Crippen LogP contribution in [0.4, 0.5) is 0 Å². The average Bonchev–Trinajstić information content (AvgIpc) is 2.87. The van der Waals surface area contributed by atoms with Crippen LogP contribution in [0.15, 0.2) is 27.6 Å². The molecule has 0 bridgehead atoms. The van der Waals surface area contributed by atoms with E-state index in [4.69, 9.17) is 5.26 Å². The maximum Gasteiger partial charge on any atom is 0.243 e. The zero-order valence-electron chi connectivity index (χ0n) is 11.1. The summed E-state index contributed by atoms with van der Waals surface area (Å²) in [7, 11) is -1.65. The Balaban J connectivity index is 2.28. The summed E-state index contributed by atoms with van der Waals surface area (Å²) in [4.78, 5) is 0.175. The van der Waals surface area contributed by atoms with E-state index in [0.29, 0.717) is 29.0 Å². The van der Waals surface area contributed by atoms with Crippen LogP contribution >= 0.6 is 15.9 Å². The zero-order chi connectivity index (χ0) is 14.8. The van der Waals surface area contributed by atoms with Crippen LogP contribution in [0.3, 0.4) is 0 Å². The molecule has 108 valence electrons. The van der Waals surface area contributed by atoms with Crippen molar-refractivity contribution in [1.82, 2.24) is 9.62 Å². The van der Waals surface area contributed by atoms with Crippen LogP contribution in [0.2, 0.25) is 0 Å². The second kappa shape index (κ2) is 6.22. The zero-order valence-corrected chi connectivity index (χ0v) is 13.5. The molecule has 1 atom stereocenters. The van der Waals surface area contributed by atoms with E-state index >= 15 is 0 Å². The molecule has 0 radical (unpaired) electrons. The summed E-state index contributed by atoms with van der Waals surface area (Å²) >= 11 is 3.25. The van der Waals surface area contributed by atoms with Gasteiger partial charge < -0.3 is 5.32 Å². The molecule has 1 heterocycles. The molecule has 5 nitrogen and oxygen atoms in total. The van der Waals surface area contributed by atoms with Gasteiger partial charge in [-0.3, -0.25) is 0 Å². The van der Waals surface area contributed by atoms with E-state index in [-0.39, 0.29) is 4.90 Å². The Morgan fingerprint density at radius 1 is 1.50 bits per heavy atom. The van der Waals surface area contributed by atoms with E-state index in [0.717, 1.165) is 13.0 Å². The van der Waals surface area contributed by atoms with Crippen molar-refractivity contribution >= 4 is 26.0 Å². The van der Waals surface area contributed by atoms with Crippen LogP contribution in [0.25, 0.3) is 0 Å². The highest BCUT2D eigenvalue weighted by Crippen LogP contribution is 2.26. The molecule has 1 aliphatic heterocycles. The summed E-state index contributed by atoms with van der Waals surface area (Å²) < 4.78 is 27.3. The minimum atomic E-state index is -3.52. The van der Waals surface area contributed by atoms with Crippen LogP contribution in [-0.4, -0.2) is 39.4 Å². The third-order valence-electron chi connectivity index (χ3n) is 3.38. The second-order valence-electron chi connectivity index (χ2n) is 4.86. The molecule has 0 spiro atoms. The van der Waals surface area contributed by atoms with Crippen LogP contribution < -0.4 is 5.32 Å². The molecule has 1 N–H and O–H groups in total. The highest BCUT2D eigenvalue weighted by molar-refractivity contribution is 9.10. The van der Waals surface area contributed by atoms with Crippen molar-refractivity contribution in [3.8, 4) is 6.07 Å². The molecule has 7 heteroatoms. The summed E-state index contributed by atoms with van der Waals surface area (Å²) in [5.74, 6) is 0.345. The Morgan fingerprint density at radius 2 is 2.25 bits per heavy atom. The lowest BCUT2D eigenvalue weighted by Gasteiger charge is -2.17. The van der Waals surface area contributed by atoms with Crippen molar-refractivity contribution in [1.29, 1.82) is 5.26 Å². The van der Waals surface area contributed by atoms with E-state index < -0.39 is 10.0 Å². The summed E-state index contributed by atoms with van der Waals surface area (Å²) in [5, 5.41) is 12.0. The van der Waals surface area contributed by atoms with Crippen molar-refractivity contribution in [3.63, 3.8) is 0 Å². The molecule has 0 aromatic heterocycles. The largest absolute Gasteiger partial charge is 0.319 e. The van der Waals surface area contributed by atoms with Gasteiger partial charge in [0.2, 0.25) is 10.0 Å². The Kier molecular flexibility index (Phi) is 4.81. The van der Waals surface area contributed by atoms with Crippen LogP contribution in [0, 0.1) is 17.2 Å². The van der Waals surface area contributed by atoms with Gasteiger partial charge in [-0.05, 0) is 44.1 Å². The summed E-state index contributed by atoms with van der Waals surface area (Å²) in [6, 6.07) is 6.55. The predicted octanol–water partition coefficient (Wildman–Crippen LogP) is 1.55. The topological polar surface area (TPSA) is 73.2 Å². The lowest BCUT2D eigenvalue weighted by Crippen LogP contribution is -2.30. The molecular formula is C13H16BrN3O2S. The normalized spacial score (nSPS) is 19.9. The molecule has 20 heavy (non-hydrogen) atoms. The molecule has 0 aliphatic carbocycles. The highest BCUT2D eigenvalue weighted by atomic mass is 79.9. The number of nitrogens with zero attached hydrogens (tertiary/aromatic N) is 2. The number of hydrogen-bond acceptors (Lipinski definition) is 4. The molecular weight excluding hydrogens is 342 g/mol. The van der Waals surface area contributed by atoms with Gasteiger partial charge in [0.15, 0.2) is 0 Å². The second-order valence-corrected chi connectivity index (χ2v) is 7.72. The van der Waals surface area contributed by atoms with Crippen LogP contribution in [0.1, 0.15) is 12.0 Å². The Labute approximate surface area is 127 Å². The molecule has 2 rings (SSSR count). The third kappa shape index (κ3) is 3.20. The first-order chi connectivity index (χ1) is 9.47. The average molecular weight is 358 g/mol. The number of sulfonamides is 1. The fourth-order valence-corrected chi connectivity index (χ4v) is 4.64. The maximum absolute atomic E-state index is 12.6. The number of halogens is 1. The van der Waals surface area contributed by atoms with E-state index in [2.05, 4.69) is 21.2 Å². The monoisotopic (exact) mass is 357 g/mol. The third-order valence-corrected chi connectivity index (χ3v) is 5.68. The lowest BCUT2D eigenvalue weighted by atomic mass is 10.1. The number of nitriles is 1. The van der Waals surface area contributed by atoms with Gasteiger partial charge in [-0.1, -0.05) is 15.9 Å². The fourth-order valence-electron chi connectivity index (χ4n) is 2.40. The van der Waals surface area contributed by atoms with Gasteiger partial charge in [-0.2, -0.15) is 9.57 Å². The number of benzene rings is 1. The first-order valence-corrected chi connectivity index (χ1v) is 8.56. The number of hydrogen-bond donors (Lipinski definition) is 1. The van der Waals surface area contributed by atoms with Gasteiger partial charge in [0.1, 0.15) is 0 Å². The highest BCUT2D eigenvalue weighted by Gasteiger charge is 2.32. The molecule has 1 fully saturated rings. The molecule has 1 saturated heterocycles. The minimum absolute atomic E-state index is 0.175. The first kappa shape index (κ1) is 15.4. The maximum atomic E-state index is 12.6. The number of rotatable bonds is 4. The van der Waals surface area contributed by atoms with E-state index in [1.54, 1.807) is 12.1 Å². The Hall–Kier alpha value is -0.940. The van der Waals surface area contributed by atoms with Gasteiger partial charge in [0, 0.05) is 17.6 Å². The smallest absolute Gasteiger partial charge is 0.243 e. The van der Waals surface area contributed by atoms with E-state index in [1.807, 2.05) is 13.1 Å². The number of nitrogens with one attached hydrogen (secondary N) is 1. The van der Waals surface area contributed by atoms with Crippen LogP contribution in [-0.2, 0) is 10.0 Å². The fraction of sp³-hybridized carbons (Fsp3) is 0.462. The molecule has 1 unspecified atom stereocenters. The van der Waals surface area contributed by atoms with Crippen LogP contribution in [0.5, 0.6) is 0 Å². The van der Waals surface area contributed by atoms with Crippen molar-refractivity contribution < 1.29 is 8.42 Å². The van der Waals surface area contributed by atoms with Gasteiger partial charge in [0.05, 0.1) is 16.5 Å². The molecule has 0 saturated carbocycles. The summed E-state index contributed by atoms with van der Waals surface area (Å²) in [6.45, 7) is 1.87. The molecule has 1 aromatic carbocycles. The Bertz CT molecular complexity index is 640. The van der Waals surface area contributed by atoms with Crippen molar-refractivity contribution in [2.75, 3.05) is 26.7 Å². The summed E-state index contributed by atoms with van der Waals surface area (Å²) in [6.07, 6.45) is 0.860. The minimum Gasteiger partial charge on any atom is -0.319 e. The van der Waals surface area contributed by atoms with Crippen molar-refractivity contribution in [2.45, 2.75) is 11.3 Å². The first-order valence-electron chi connectivity index (χ1n) is 6.33. The van der Waals surface area contributed by atoms with Crippen molar-refractivity contribution in [2.24, 2.45) is 5.92 Å². The molecule has 0 amide bonds. The van der Waals surface area contributed by atoms with Gasteiger partial charge >= 0.3 is 0 Å². The lowest BCUT2D eigenvalue weighted by molar-refractivity contribution is 0.451. The van der Waals surface area contributed by atoms with Gasteiger partial charge in [-0.15, -0.1) is 0 Å². The standard InChI is InChI=1S/C13H16BrN3O2S/c1-16-8-10-2-3-17(9-10)20(18,19)13-5-11(7-15)4-12(14)6-13/h4-6,10,16H,2-3,8-9H2,1H3. The molecule has 1 aromatic rings. The van der Waals surface area contributed by atoms with Gasteiger partial charge in [-0.25, -0.2) is 8.42 Å². The van der Waals surface area contributed by atoms with Gasteiger partial charge in [0.25, 0.3) is 0 Å². The van der Waals surface area contributed by atoms with E-state index in [1.165, 1.54) is 10.4 Å². The predicted molar refractivity (Wildman–Crippen MR) is 79.6 cm³/mol. The van der Waals surface area contributed by atoms with E-state index in [9.17, 15) is 8.42 Å². The quantitative estimate of drug-likeness (QED) is 0.887. The van der Waals surface area contributed by atoms with Crippen molar-refractivity contribution in [3.05, 3.63) is 28.2 Å². The summed E-state index contributed by atoms with van der Waals surface area (Å²) in [5.41, 5.74) is 0.337.